The van der Waals surface area contributed by atoms with E-state index in [9.17, 15) is 25.0 Å². The Morgan fingerprint density at radius 1 is 1.06 bits per heavy atom. The molecule has 11 nitrogen and oxygen atoms in total. The highest BCUT2D eigenvalue weighted by molar-refractivity contribution is 7.80. The molecule has 0 saturated carbocycles. The van der Waals surface area contributed by atoms with Crippen LogP contribution in [-0.4, -0.2) is 59.1 Å². The van der Waals surface area contributed by atoms with Crippen LogP contribution in [0.3, 0.4) is 0 Å². The molecule has 0 atom stereocenters. The van der Waals surface area contributed by atoms with Crippen molar-refractivity contribution in [1.29, 1.82) is 0 Å². The van der Waals surface area contributed by atoms with Crippen LogP contribution in [-0.2, 0) is 0 Å². The average molecular weight is 445 g/mol. The van der Waals surface area contributed by atoms with Crippen LogP contribution < -0.4 is 15.0 Å². The Bertz CT molecular complexity index is 1040. The van der Waals surface area contributed by atoms with Gasteiger partial charge in [0.25, 0.3) is 17.3 Å². The molecular weight excluding hydrogens is 426 g/mol. The number of ether oxygens (including phenoxy) is 1. The van der Waals surface area contributed by atoms with Crippen molar-refractivity contribution in [3.8, 4) is 5.75 Å². The van der Waals surface area contributed by atoms with Gasteiger partial charge in [0, 0.05) is 43.9 Å². The van der Waals surface area contributed by atoms with E-state index in [2.05, 4.69) is 5.32 Å². The molecule has 162 valence electrons. The van der Waals surface area contributed by atoms with Gasteiger partial charge in [0.15, 0.2) is 5.11 Å². The summed E-state index contributed by atoms with van der Waals surface area (Å²) in [6.45, 7) is 1.80. The number of anilines is 1. The third-order valence-electron chi connectivity index (χ3n) is 4.83. The Morgan fingerprint density at radius 3 is 2.39 bits per heavy atom. The summed E-state index contributed by atoms with van der Waals surface area (Å²) in [5.74, 6) is -0.138. The monoisotopic (exact) mass is 445 g/mol. The van der Waals surface area contributed by atoms with E-state index in [1.165, 1.54) is 37.4 Å². The van der Waals surface area contributed by atoms with E-state index >= 15 is 0 Å². The number of hydrogen-bond donors (Lipinski definition) is 1. The minimum Gasteiger partial charge on any atom is -0.496 e. The molecule has 3 rings (SSSR count). The largest absolute Gasteiger partial charge is 0.496 e. The van der Waals surface area contributed by atoms with Crippen molar-refractivity contribution in [2.75, 3.05) is 38.2 Å². The van der Waals surface area contributed by atoms with Crippen molar-refractivity contribution >= 4 is 40.3 Å². The fourth-order valence-electron chi connectivity index (χ4n) is 3.20. The Hall–Kier alpha value is -3.80. The number of rotatable bonds is 5. The number of nitrogens with one attached hydrogen (secondary N) is 1. The van der Waals surface area contributed by atoms with Gasteiger partial charge in [0.2, 0.25) is 0 Å². The second kappa shape index (κ2) is 9.34. The molecule has 0 unspecified atom stereocenters. The molecule has 1 fully saturated rings. The van der Waals surface area contributed by atoms with E-state index in [1.807, 2.05) is 4.90 Å². The van der Waals surface area contributed by atoms with Gasteiger partial charge < -0.3 is 14.5 Å². The maximum atomic E-state index is 12.4. The lowest BCUT2D eigenvalue weighted by molar-refractivity contribution is -0.384. The van der Waals surface area contributed by atoms with E-state index < -0.39 is 15.8 Å². The number of carbonyl (C=O) groups excluding carboxylic acids is 1. The third-order valence-corrected chi connectivity index (χ3v) is 5.19. The second-order valence-corrected chi connectivity index (χ2v) is 7.04. The van der Waals surface area contributed by atoms with Crippen molar-refractivity contribution in [3.63, 3.8) is 0 Å². The van der Waals surface area contributed by atoms with E-state index in [1.54, 1.807) is 17.0 Å². The van der Waals surface area contributed by atoms with E-state index in [-0.39, 0.29) is 22.1 Å². The maximum absolute atomic E-state index is 12.4. The molecule has 2 aromatic carbocycles. The van der Waals surface area contributed by atoms with E-state index in [4.69, 9.17) is 17.0 Å². The van der Waals surface area contributed by atoms with Crippen LogP contribution in [0.5, 0.6) is 5.75 Å². The first-order chi connectivity index (χ1) is 14.8. The lowest BCUT2D eigenvalue weighted by Crippen LogP contribution is -2.52. The highest BCUT2D eigenvalue weighted by Crippen LogP contribution is 2.32. The second-order valence-electron chi connectivity index (χ2n) is 6.65. The van der Waals surface area contributed by atoms with Gasteiger partial charge in [-0.2, -0.15) is 0 Å². The molecule has 1 amide bonds. The fraction of sp³-hybridized carbons (Fsp3) is 0.263. The number of hydrogen-bond acceptors (Lipinski definition) is 8. The van der Waals surface area contributed by atoms with Crippen LogP contribution >= 0.6 is 12.2 Å². The minimum atomic E-state index is -0.577. The predicted octanol–water partition coefficient (Wildman–Crippen LogP) is 2.35. The van der Waals surface area contributed by atoms with Crippen LogP contribution in [0.25, 0.3) is 0 Å². The van der Waals surface area contributed by atoms with Gasteiger partial charge in [-0.25, -0.2) is 0 Å². The topological polar surface area (TPSA) is 131 Å². The van der Waals surface area contributed by atoms with Crippen molar-refractivity contribution in [2.45, 2.75) is 0 Å². The Labute approximate surface area is 182 Å². The van der Waals surface area contributed by atoms with Crippen molar-refractivity contribution in [3.05, 3.63) is 68.3 Å². The lowest BCUT2D eigenvalue weighted by atomic mass is 10.2. The highest BCUT2D eigenvalue weighted by atomic mass is 32.1. The minimum absolute atomic E-state index is 0.0469. The molecule has 2 aromatic rings. The van der Waals surface area contributed by atoms with Gasteiger partial charge >= 0.3 is 0 Å². The van der Waals surface area contributed by atoms with Gasteiger partial charge in [-0.3, -0.25) is 30.3 Å². The average Bonchev–Trinajstić information content (AvgIpc) is 2.78. The number of thiocarbonyl (C=S) groups is 1. The van der Waals surface area contributed by atoms with Crippen LogP contribution in [0.4, 0.5) is 17.1 Å². The zero-order valence-corrected chi connectivity index (χ0v) is 17.3. The van der Waals surface area contributed by atoms with Crippen LogP contribution in [0.1, 0.15) is 10.4 Å². The number of nitro groups is 2. The van der Waals surface area contributed by atoms with Crippen molar-refractivity contribution in [2.24, 2.45) is 0 Å². The van der Waals surface area contributed by atoms with Crippen molar-refractivity contribution in [1.82, 2.24) is 10.2 Å². The number of non-ortho nitro benzene ring substituents is 1. The summed E-state index contributed by atoms with van der Waals surface area (Å²) < 4.78 is 5.06. The Balaban J connectivity index is 1.63. The number of nitrogens with zero attached hydrogens (tertiary/aromatic N) is 4. The summed E-state index contributed by atoms with van der Waals surface area (Å²) in [5.41, 5.74) is 0.378. The maximum Gasteiger partial charge on any atom is 0.296 e. The summed E-state index contributed by atoms with van der Waals surface area (Å²) in [7, 11) is 1.44. The highest BCUT2D eigenvalue weighted by Gasteiger charge is 2.26. The molecule has 1 aliphatic heterocycles. The molecule has 0 radical (unpaired) electrons. The van der Waals surface area contributed by atoms with E-state index in [0.29, 0.717) is 37.6 Å². The number of piperazine rings is 1. The summed E-state index contributed by atoms with van der Waals surface area (Å²) >= 11 is 5.31. The first-order valence-corrected chi connectivity index (χ1v) is 9.63. The van der Waals surface area contributed by atoms with Gasteiger partial charge in [-0.1, -0.05) is 6.07 Å². The predicted molar refractivity (Wildman–Crippen MR) is 117 cm³/mol. The molecule has 1 N–H and O–H groups in total. The zero-order valence-electron chi connectivity index (χ0n) is 16.5. The number of amides is 1. The molecule has 0 aromatic heterocycles. The Kier molecular flexibility index (Phi) is 6.60. The number of methoxy groups -OCH3 is 1. The number of nitro benzene ring substituents is 2. The molecule has 12 heteroatoms. The first-order valence-electron chi connectivity index (χ1n) is 9.22. The molecule has 1 heterocycles. The molecule has 0 bridgehead atoms. The summed E-state index contributed by atoms with van der Waals surface area (Å²) in [6, 6.07) is 10.1. The first kappa shape index (κ1) is 21.9. The molecule has 1 saturated heterocycles. The van der Waals surface area contributed by atoms with Crippen LogP contribution in [0, 0.1) is 20.2 Å². The summed E-state index contributed by atoms with van der Waals surface area (Å²) in [6.07, 6.45) is 0. The lowest BCUT2D eigenvalue weighted by Gasteiger charge is -2.37. The Morgan fingerprint density at radius 2 is 1.77 bits per heavy atom. The SMILES string of the molecule is COc1ccc(N2CCN(C(=S)NC(=O)c3cccc([N+](=O)[O-])c3)CC2)c([N+](=O)[O-])c1. The summed E-state index contributed by atoms with van der Waals surface area (Å²) in [4.78, 5) is 37.3. The quantitative estimate of drug-likeness (QED) is 0.418. The smallest absolute Gasteiger partial charge is 0.296 e. The van der Waals surface area contributed by atoms with Crippen molar-refractivity contribution < 1.29 is 19.4 Å². The zero-order chi connectivity index (χ0) is 22.5. The summed E-state index contributed by atoms with van der Waals surface area (Å²) in [5, 5.41) is 25.1. The fourth-order valence-corrected chi connectivity index (χ4v) is 3.48. The molecular formula is C19H19N5O6S. The number of carbonyl (C=O) groups is 1. The van der Waals surface area contributed by atoms with Gasteiger partial charge in [-0.05, 0) is 30.4 Å². The normalized spacial score (nSPS) is 13.5. The van der Waals surface area contributed by atoms with Gasteiger partial charge in [0.05, 0.1) is 23.0 Å². The van der Waals surface area contributed by atoms with E-state index in [0.717, 1.165) is 0 Å². The molecule has 1 aliphatic rings. The van der Waals surface area contributed by atoms with Crippen LogP contribution in [0.2, 0.25) is 0 Å². The molecule has 31 heavy (non-hydrogen) atoms. The van der Waals surface area contributed by atoms with Gasteiger partial charge in [0.1, 0.15) is 11.4 Å². The molecule has 0 spiro atoms. The van der Waals surface area contributed by atoms with Crippen LogP contribution in [0.15, 0.2) is 42.5 Å². The van der Waals surface area contributed by atoms with Gasteiger partial charge in [-0.15, -0.1) is 0 Å². The molecule has 0 aliphatic carbocycles. The third kappa shape index (κ3) is 5.04. The number of benzene rings is 2. The standard InChI is InChI=1S/C19H19N5O6S/c1-30-15-5-6-16(17(12-15)24(28)29)21-7-9-22(10-8-21)19(31)20-18(25)13-3-2-4-14(11-13)23(26)27/h2-6,11-12H,7-10H2,1H3,(H,20,25,31).